The van der Waals surface area contributed by atoms with Crippen molar-refractivity contribution in [3.63, 3.8) is 0 Å². The predicted molar refractivity (Wildman–Crippen MR) is 69.3 cm³/mol. The quantitative estimate of drug-likeness (QED) is 0.191. The van der Waals surface area contributed by atoms with Gasteiger partial charge in [-0.25, -0.2) is 11.7 Å². The van der Waals surface area contributed by atoms with Gasteiger partial charge in [0.15, 0.2) is 5.54 Å². The minimum Gasteiger partial charge on any atom is -0.236 e. The van der Waals surface area contributed by atoms with Gasteiger partial charge in [-0.3, -0.25) is 0 Å². The number of allylic oxidation sites excluding steroid dienone is 2. The molecule has 17 heavy (non-hydrogen) atoms. The van der Waals surface area contributed by atoms with Crippen molar-refractivity contribution in [2.75, 3.05) is 0 Å². The van der Waals surface area contributed by atoms with Crippen molar-refractivity contribution in [2.24, 2.45) is 28.8 Å². The first-order chi connectivity index (χ1) is 7.43. The fraction of sp³-hybridized carbons (Fsp3) is 0.800. The molecule has 0 aliphatic rings. The van der Waals surface area contributed by atoms with Crippen LogP contribution in [-0.4, -0.2) is 15.6 Å². The average Bonchev–Trinajstić information content (AvgIpc) is 1.97. The van der Waals surface area contributed by atoms with Gasteiger partial charge in [0.2, 0.25) is 0 Å². The molecule has 0 aromatic heterocycles. The molecule has 0 bridgehead atoms. The summed E-state index contributed by atoms with van der Waals surface area (Å²) in [6.07, 6.45) is 4.90. The van der Waals surface area contributed by atoms with Crippen molar-refractivity contribution in [3.8, 4) is 0 Å². The van der Waals surface area contributed by atoms with Crippen molar-refractivity contribution in [3.05, 3.63) is 12.2 Å². The first kappa shape index (κ1) is 16.5. The Hall–Kier alpha value is -0.540. The minimum absolute atomic E-state index is 0.0177. The van der Waals surface area contributed by atoms with Crippen LogP contribution in [0.4, 0.5) is 0 Å². The van der Waals surface area contributed by atoms with Crippen molar-refractivity contribution in [1.29, 1.82) is 0 Å². The Morgan fingerprint density at radius 3 is 2.00 bits per heavy atom. The molecule has 9 N–H and O–H groups in total. The van der Waals surface area contributed by atoms with Crippen molar-refractivity contribution < 1.29 is 4.81 Å². The zero-order valence-electron chi connectivity index (χ0n) is 11.6. The Balaban J connectivity index is 4.88. The molecule has 0 aliphatic heterocycles. The lowest BCUT2D eigenvalue weighted by Crippen LogP contribution is -2.82. The SMILES string of the molecule is C/C=C/C(C)(C)CC(C)(C)[N+](N)(N)NN(N)N. The van der Waals surface area contributed by atoms with E-state index < -0.39 is 10.3 Å². The van der Waals surface area contributed by atoms with E-state index in [0.29, 0.717) is 0 Å². The minimum atomic E-state index is -0.485. The number of hydrazine groups is 3. The van der Waals surface area contributed by atoms with Crippen LogP contribution in [0.2, 0.25) is 0 Å². The molecule has 0 rings (SSSR count). The number of nitrogens with one attached hydrogen (secondary N) is 1. The lowest BCUT2D eigenvalue weighted by atomic mass is 9.79. The summed E-state index contributed by atoms with van der Waals surface area (Å²) < 4.78 is 0. The van der Waals surface area contributed by atoms with E-state index in [0.717, 1.165) is 11.6 Å². The highest BCUT2D eigenvalue weighted by Gasteiger charge is 2.44. The van der Waals surface area contributed by atoms with E-state index in [9.17, 15) is 0 Å². The molecule has 0 aliphatic carbocycles. The lowest BCUT2D eigenvalue weighted by Gasteiger charge is -2.43. The summed E-state index contributed by atoms with van der Waals surface area (Å²) in [5.41, 5.74) is 2.11. The fourth-order valence-corrected chi connectivity index (χ4v) is 2.08. The summed E-state index contributed by atoms with van der Waals surface area (Å²) in [5, 5.41) is 0.768. The third kappa shape index (κ3) is 5.09. The predicted octanol–water partition coefficient (Wildman–Crippen LogP) is -0.209. The number of hydrogen-bond donors (Lipinski definition) is 5. The van der Waals surface area contributed by atoms with Crippen LogP contribution in [0.15, 0.2) is 12.2 Å². The van der Waals surface area contributed by atoms with Crippen LogP contribution in [0.3, 0.4) is 0 Å². The standard InChI is InChI=1S/C10H28N7/c1-6-7-9(2,3)8-10(4,5)17(13,14)15-16(11)12/h6-7,15H,8,11-14H2,1-5H3/q+1/b7-6+. The summed E-state index contributed by atoms with van der Waals surface area (Å²) >= 11 is 0. The molecule has 0 saturated heterocycles. The Morgan fingerprint density at radius 1 is 1.18 bits per heavy atom. The van der Waals surface area contributed by atoms with Crippen LogP contribution in [0, 0.1) is 5.41 Å². The van der Waals surface area contributed by atoms with E-state index in [-0.39, 0.29) is 5.41 Å². The summed E-state index contributed by atoms with van der Waals surface area (Å²) in [6, 6.07) is 0. The summed E-state index contributed by atoms with van der Waals surface area (Å²) in [7, 11) is 0. The summed E-state index contributed by atoms with van der Waals surface area (Å²) in [5.74, 6) is 22.6. The molecular weight excluding hydrogens is 218 g/mol. The highest BCUT2D eigenvalue weighted by atomic mass is 16.1. The van der Waals surface area contributed by atoms with Gasteiger partial charge in [-0.2, -0.15) is 0 Å². The number of nitrogens with zero attached hydrogens (tertiary/aromatic N) is 2. The van der Waals surface area contributed by atoms with Crippen molar-refractivity contribution >= 4 is 0 Å². The molecule has 0 aromatic rings. The van der Waals surface area contributed by atoms with E-state index in [1.807, 2.05) is 26.8 Å². The van der Waals surface area contributed by atoms with Gasteiger partial charge < -0.3 is 0 Å². The maximum Gasteiger partial charge on any atom is 0.151 e. The first-order valence-corrected chi connectivity index (χ1v) is 5.61. The van der Waals surface area contributed by atoms with Gasteiger partial charge in [0.05, 0.1) is 0 Å². The number of rotatable bonds is 6. The first-order valence-electron chi connectivity index (χ1n) is 5.61. The Morgan fingerprint density at radius 2 is 1.65 bits per heavy atom. The van der Waals surface area contributed by atoms with Crippen LogP contribution in [0.5, 0.6) is 0 Å². The van der Waals surface area contributed by atoms with Gasteiger partial charge in [0, 0.05) is 6.42 Å². The van der Waals surface area contributed by atoms with Crippen molar-refractivity contribution in [2.45, 2.75) is 46.6 Å². The molecule has 0 aromatic carbocycles. The molecule has 0 spiro atoms. The van der Waals surface area contributed by atoms with Gasteiger partial charge >= 0.3 is 0 Å². The van der Waals surface area contributed by atoms with E-state index in [1.54, 1.807) is 0 Å². The smallest absolute Gasteiger partial charge is 0.151 e. The number of hydrogen-bond acceptors (Lipinski definition) is 6. The molecule has 7 nitrogen and oxygen atoms in total. The van der Waals surface area contributed by atoms with Crippen LogP contribution in [-0.2, 0) is 0 Å². The van der Waals surface area contributed by atoms with Gasteiger partial charge in [0.25, 0.3) is 0 Å². The largest absolute Gasteiger partial charge is 0.236 e. The van der Waals surface area contributed by atoms with Crippen LogP contribution in [0.1, 0.15) is 41.0 Å². The molecular formula is C10H28N7+. The van der Waals surface area contributed by atoms with E-state index in [1.165, 1.54) is 0 Å². The monoisotopic (exact) mass is 246 g/mol. The molecule has 7 heteroatoms. The lowest BCUT2D eigenvalue weighted by molar-refractivity contribution is -1.05. The second-order valence-electron chi connectivity index (χ2n) is 5.76. The van der Waals surface area contributed by atoms with Gasteiger partial charge in [-0.1, -0.05) is 36.0 Å². The van der Waals surface area contributed by atoms with Gasteiger partial charge in [-0.15, -0.1) is 11.7 Å². The molecule has 0 saturated carbocycles. The zero-order valence-corrected chi connectivity index (χ0v) is 11.6. The van der Waals surface area contributed by atoms with Crippen LogP contribution < -0.4 is 28.9 Å². The summed E-state index contributed by atoms with van der Waals surface area (Å²) in [4.78, 5) is -0.485. The molecule has 0 radical (unpaired) electrons. The van der Waals surface area contributed by atoms with Crippen molar-refractivity contribution in [1.82, 2.24) is 10.8 Å². The van der Waals surface area contributed by atoms with Crippen LogP contribution in [0.25, 0.3) is 0 Å². The van der Waals surface area contributed by atoms with E-state index in [2.05, 4.69) is 25.5 Å². The Labute approximate surface area is 104 Å². The maximum absolute atomic E-state index is 5.98. The molecule has 0 heterocycles. The second-order valence-corrected chi connectivity index (χ2v) is 5.76. The molecule has 0 unspecified atom stereocenters. The summed E-state index contributed by atoms with van der Waals surface area (Å²) in [6.45, 7) is 10.1. The van der Waals surface area contributed by atoms with Gasteiger partial charge in [-0.05, 0) is 31.7 Å². The highest BCUT2D eigenvalue weighted by molar-refractivity contribution is 4.96. The molecule has 0 atom stereocenters. The van der Waals surface area contributed by atoms with E-state index in [4.69, 9.17) is 23.4 Å². The maximum atomic E-state index is 5.98. The van der Waals surface area contributed by atoms with Gasteiger partial charge in [0.1, 0.15) is 0 Å². The zero-order chi connectivity index (χ0) is 13.9. The average molecular weight is 246 g/mol. The molecule has 0 amide bonds. The second kappa shape index (κ2) is 5.40. The molecule has 102 valence electrons. The normalized spacial score (nSPS) is 14.9. The highest BCUT2D eigenvalue weighted by Crippen LogP contribution is 2.32. The number of quaternary nitrogens is 1. The third-order valence-corrected chi connectivity index (χ3v) is 2.79. The fourth-order valence-electron chi connectivity index (χ4n) is 2.08. The molecule has 0 fully saturated rings. The van der Waals surface area contributed by atoms with Crippen LogP contribution >= 0.6 is 0 Å². The van der Waals surface area contributed by atoms with E-state index >= 15 is 0 Å². The number of nitrogens with two attached hydrogens (primary N) is 4. The topological polar surface area (TPSA) is 119 Å². The third-order valence-electron chi connectivity index (χ3n) is 2.79. The Kier molecular flexibility index (Phi) is 5.23. The Bertz CT molecular complexity index is 268.